The molecule has 1 aliphatic rings. The van der Waals surface area contributed by atoms with Crippen LogP contribution >= 0.6 is 11.8 Å². The Morgan fingerprint density at radius 1 is 1.24 bits per heavy atom. The minimum atomic E-state index is -0.358. The van der Waals surface area contributed by atoms with Gasteiger partial charge in [-0.3, -0.25) is 10.1 Å². The smallest absolute Gasteiger partial charge is 0.340 e. The van der Waals surface area contributed by atoms with Crippen molar-refractivity contribution in [1.29, 1.82) is 0 Å². The van der Waals surface area contributed by atoms with Crippen LogP contribution in [0.5, 0.6) is 0 Å². The molecule has 3 aromatic rings. The van der Waals surface area contributed by atoms with Gasteiger partial charge in [-0.25, -0.2) is 9.78 Å². The molecule has 0 spiro atoms. The van der Waals surface area contributed by atoms with Gasteiger partial charge < -0.3 is 4.74 Å². The first-order valence-electron chi connectivity index (χ1n) is 10.2. The zero-order valence-corrected chi connectivity index (χ0v) is 17.7. The number of aryl methyl sites for hydroxylation is 2. The maximum absolute atomic E-state index is 12.4. The van der Waals surface area contributed by atoms with Crippen molar-refractivity contribution >= 4 is 28.6 Å². The van der Waals surface area contributed by atoms with E-state index in [-0.39, 0.29) is 5.97 Å². The highest BCUT2D eigenvalue weighted by Crippen LogP contribution is 2.30. The van der Waals surface area contributed by atoms with Crippen LogP contribution in [0.1, 0.15) is 59.5 Å². The zero-order valence-electron chi connectivity index (χ0n) is 16.9. The van der Waals surface area contributed by atoms with Gasteiger partial charge in [0.05, 0.1) is 23.9 Å². The van der Waals surface area contributed by atoms with Gasteiger partial charge in [-0.15, -0.1) is 5.10 Å². The van der Waals surface area contributed by atoms with E-state index in [1.807, 2.05) is 31.2 Å². The summed E-state index contributed by atoms with van der Waals surface area (Å²) in [5.41, 5.74) is 3.01. The van der Waals surface area contributed by atoms with Crippen molar-refractivity contribution < 1.29 is 9.53 Å². The first-order chi connectivity index (χ1) is 14.2. The molecule has 0 bridgehead atoms. The number of hydrogen-bond donors (Lipinski definition) is 1. The van der Waals surface area contributed by atoms with Gasteiger partial charge in [0.25, 0.3) is 0 Å². The SMILES string of the molecule is COC(=O)c1c(CSc2n[nH]c(CCC3CCCC3)n2)nc2ccccc2c1C. The molecule has 1 aliphatic carbocycles. The van der Waals surface area contributed by atoms with Gasteiger partial charge in [-0.2, -0.15) is 0 Å². The Bertz CT molecular complexity index is 1010. The summed E-state index contributed by atoms with van der Waals surface area (Å²) in [6.07, 6.45) is 7.54. The monoisotopic (exact) mass is 410 g/mol. The van der Waals surface area contributed by atoms with Crippen LogP contribution < -0.4 is 0 Å². The number of ether oxygens (including phenoxy) is 1. The van der Waals surface area contributed by atoms with Gasteiger partial charge in [0, 0.05) is 17.6 Å². The lowest BCUT2D eigenvalue weighted by molar-refractivity contribution is 0.0598. The highest BCUT2D eigenvalue weighted by Gasteiger charge is 2.20. The minimum absolute atomic E-state index is 0.358. The van der Waals surface area contributed by atoms with Crippen LogP contribution in [-0.4, -0.2) is 33.2 Å². The molecule has 0 aliphatic heterocycles. The number of aromatic amines is 1. The summed E-state index contributed by atoms with van der Waals surface area (Å²) < 4.78 is 5.02. The number of methoxy groups -OCH3 is 1. The number of esters is 1. The van der Waals surface area contributed by atoms with Crippen LogP contribution in [-0.2, 0) is 16.9 Å². The van der Waals surface area contributed by atoms with E-state index < -0.39 is 0 Å². The summed E-state index contributed by atoms with van der Waals surface area (Å²) in [5.74, 6) is 1.93. The number of fused-ring (bicyclic) bond motifs is 1. The van der Waals surface area contributed by atoms with Gasteiger partial charge >= 0.3 is 5.97 Å². The summed E-state index contributed by atoms with van der Waals surface area (Å²) >= 11 is 1.49. The molecule has 0 atom stereocenters. The molecule has 7 heteroatoms. The fraction of sp³-hybridized carbons (Fsp3) is 0.455. The number of nitrogens with one attached hydrogen (secondary N) is 1. The second-order valence-electron chi connectivity index (χ2n) is 7.61. The van der Waals surface area contributed by atoms with Crippen molar-refractivity contribution in [3.05, 3.63) is 46.9 Å². The van der Waals surface area contributed by atoms with Gasteiger partial charge in [0.1, 0.15) is 5.82 Å². The summed E-state index contributed by atoms with van der Waals surface area (Å²) in [4.78, 5) is 21.8. The van der Waals surface area contributed by atoms with Crippen LogP contribution in [0.25, 0.3) is 10.9 Å². The normalized spacial score (nSPS) is 14.6. The van der Waals surface area contributed by atoms with E-state index in [4.69, 9.17) is 9.72 Å². The molecule has 29 heavy (non-hydrogen) atoms. The summed E-state index contributed by atoms with van der Waals surface area (Å²) in [5, 5.41) is 9.06. The zero-order chi connectivity index (χ0) is 20.2. The quantitative estimate of drug-likeness (QED) is 0.442. The number of carbonyl (C=O) groups is 1. The van der Waals surface area contributed by atoms with E-state index in [1.165, 1.54) is 51.0 Å². The Balaban J connectivity index is 1.49. The van der Waals surface area contributed by atoms with Crippen molar-refractivity contribution in [1.82, 2.24) is 20.2 Å². The number of carbonyl (C=O) groups excluding carboxylic acids is 1. The number of pyridine rings is 1. The first kappa shape index (κ1) is 19.9. The number of benzene rings is 1. The lowest BCUT2D eigenvalue weighted by atomic mass is 10.0. The Morgan fingerprint density at radius 3 is 2.83 bits per heavy atom. The average Bonchev–Trinajstić information content (AvgIpc) is 3.42. The van der Waals surface area contributed by atoms with Gasteiger partial charge in [0.2, 0.25) is 5.16 Å². The second-order valence-corrected chi connectivity index (χ2v) is 8.55. The van der Waals surface area contributed by atoms with E-state index in [0.29, 0.717) is 22.2 Å². The Hall–Kier alpha value is -2.41. The topological polar surface area (TPSA) is 80.8 Å². The summed E-state index contributed by atoms with van der Waals surface area (Å²) in [7, 11) is 1.40. The van der Waals surface area contributed by atoms with E-state index >= 15 is 0 Å². The first-order valence-corrected chi connectivity index (χ1v) is 11.1. The minimum Gasteiger partial charge on any atom is -0.465 e. The highest BCUT2D eigenvalue weighted by atomic mass is 32.2. The van der Waals surface area contributed by atoms with E-state index in [0.717, 1.165) is 34.6 Å². The molecule has 0 saturated heterocycles. The molecule has 0 unspecified atom stereocenters. The van der Waals surface area contributed by atoms with Crippen LogP contribution in [0.2, 0.25) is 0 Å². The molecule has 1 N–H and O–H groups in total. The molecule has 4 rings (SSSR count). The molecule has 1 saturated carbocycles. The number of para-hydroxylation sites is 1. The number of aromatic nitrogens is 4. The Morgan fingerprint density at radius 2 is 2.03 bits per heavy atom. The van der Waals surface area contributed by atoms with E-state index in [2.05, 4.69) is 15.2 Å². The predicted molar refractivity (Wildman–Crippen MR) is 114 cm³/mol. The van der Waals surface area contributed by atoms with Crippen LogP contribution in [0.4, 0.5) is 0 Å². The maximum atomic E-state index is 12.4. The second kappa shape index (κ2) is 8.95. The van der Waals surface area contributed by atoms with Gasteiger partial charge in [-0.05, 0) is 30.9 Å². The fourth-order valence-electron chi connectivity index (χ4n) is 4.15. The largest absolute Gasteiger partial charge is 0.465 e. The molecule has 0 radical (unpaired) electrons. The van der Waals surface area contributed by atoms with Gasteiger partial charge in [-0.1, -0.05) is 55.6 Å². The van der Waals surface area contributed by atoms with Crippen molar-refractivity contribution in [2.24, 2.45) is 5.92 Å². The lowest BCUT2D eigenvalue weighted by Gasteiger charge is -2.12. The Labute approximate surface area is 174 Å². The highest BCUT2D eigenvalue weighted by molar-refractivity contribution is 7.98. The number of thioether (sulfide) groups is 1. The van der Waals surface area contributed by atoms with Crippen LogP contribution in [0.15, 0.2) is 29.4 Å². The maximum Gasteiger partial charge on any atom is 0.340 e. The third-order valence-corrected chi connectivity index (χ3v) is 6.59. The molecule has 1 aromatic carbocycles. The molecular weight excluding hydrogens is 384 g/mol. The van der Waals surface area contributed by atoms with Gasteiger partial charge in [0.15, 0.2) is 0 Å². The van der Waals surface area contributed by atoms with Crippen molar-refractivity contribution in [3.63, 3.8) is 0 Å². The molecule has 1 fully saturated rings. The standard InChI is InChI=1S/C22H26N4O2S/c1-14-16-9-5-6-10-17(16)23-18(20(14)21(27)28-2)13-29-22-24-19(25-26-22)12-11-15-7-3-4-8-15/h5-6,9-10,15H,3-4,7-8,11-13H2,1-2H3,(H,24,25,26). The molecule has 0 amide bonds. The molecular formula is C22H26N4O2S. The molecule has 2 heterocycles. The lowest BCUT2D eigenvalue weighted by Crippen LogP contribution is -2.10. The van der Waals surface area contributed by atoms with E-state index in [1.54, 1.807) is 0 Å². The number of hydrogen-bond acceptors (Lipinski definition) is 6. The molecule has 152 valence electrons. The average molecular weight is 411 g/mol. The Kier molecular flexibility index (Phi) is 6.13. The molecule has 6 nitrogen and oxygen atoms in total. The number of H-pyrrole nitrogens is 1. The predicted octanol–water partition coefficient (Wildman–Crippen LogP) is 4.86. The third kappa shape index (κ3) is 4.45. The van der Waals surface area contributed by atoms with Crippen molar-refractivity contribution in [2.45, 2.75) is 56.4 Å². The molecule has 2 aromatic heterocycles. The third-order valence-electron chi connectivity index (χ3n) is 5.73. The van der Waals surface area contributed by atoms with E-state index in [9.17, 15) is 4.79 Å². The summed E-state index contributed by atoms with van der Waals surface area (Å²) in [6.45, 7) is 1.94. The van der Waals surface area contributed by atoms with Crippen LogP contribution in [0, 0.1) is 12.8 Å². The number of rotatable bonds is 7. The van der Waals surface area contributed by atoms with Crippen molar-refractivity contribution in [3.8, 4) is 0 Å². The summed E-state index contributed by atoms with van der Waals surface area (Å²) in [6, 6.07) is 7.85. The fourth-order valence-corrected chi connectivity index (χ4v) is 4.90. The van der Waals surface area contributed by atoms with Crippen LogP contribution in [0.3, 0.4) is 0 Å². The van der Waals surface area contributed by atoms with Crippen molar-refractivity contribution in [2.75, 3.05) is 7.11 Å². The number of nitrogens with zero attached hydrogens (tertiary/aromatic N) is 3.